The van der Waals surface area contributed by atoms with E-state index >= 15 is 0 Å². The zero-order valence-electron chi connectivity index (χ0n) is 15.5. The molecule has 1 heterocycles. The lowest BCUT2D eigenvalue weighted by Gasteiger charge is -2.24. The van der Waals surface area contributed by atoms with E-state index in [1.54, 1.807) is 38.2 Å². The maximum absolute atomic E-state index is 12.6. The van der Waals surface area contributed by atoms with Crippen molar-refractivity contribution < 1.29 is 17.9 Å². The van der Waals surface area contributed by atoms with Crippen molar-refractivity contribution in [2.24, 2.45) is 5.41 Å². The van der Waals surface area contributed by atoms with Crippen molar-refractivity contribution in [1.29, 1.82) is 0 Å². The number of hydrogen-bond acceptors (Lipinski definition) is 4. The summed E-state index contributed by atoms with van der Waals surface area (Å²) in [5.41, 5.74) is 1.05. The van der Waals surface area contributed by atoms with Gasteiger partial charge in [0.25, 0.3) is 10.0 Å². The Bertz CT molecular complexity index is 1020. The number of amides is 1. The van der Waals surface area contributed by atoms with Gasteiger partial charge in [-0.3, -0.25) is 9.52 Å². The van der Waals surface area contributed by atoms with Crippen LogP contribution in [0.15, 0.2) is 41.3 Å². The lowest BCUT2D eigenvalue weighted by molar-refractivity contribution is -0.127. The van der Waals surface area contributed by atoms with Gasteiger partial charge >= 0.3 is 0 Å². The fourth-order valence-corrected chi connectivity index (χ4v) is 4.13. The monoisotopic (exact) mass is 408 g/mol. The number of halogens is 1. The van der Waals surface area contributed by atoms with Crippen LogP contribution >= 0.6 is 11.6 Å². The molecule has 8 heteroatoms. The first-order chi connectivity index (χ1) is 12.5. The summed E-state index contributed by atoms with van der Waals surface area (Å²) in [6.07, 6.45) is 0. The van der Waals surface area contributed by atoms with E-state index in [4.69, 9.17) is 16.3 Å². The number of benzene rings is 2. The molecule has 1 amide bonds. The van der Waals surface area contributed by atoms with Crippen LogP contribution in [0, 0.1) is 12.3 Å². The minimum absolute atomic E-state index is 0.0659. The SMILES string of the molecule is Cc1ccc(S(=O)(=O)Nc2ccc3c(c2)OCC(C)(C)C(=O)N3C)cc1Cl. The second-order valence-corrected chi connectivity index (χ2v) is 9.33. The van der Waals surface area contributed by atoms with Gasteiger partial charge in [-0.1, -0.05) is 17.7 Å². The van der Waals surface area contributed by atoms with Gasteiger partial charge in [-0.25, -0.2) is 8.42 Å². The molecule has 0 saturated heterocycles. The van der Waals surface area contributed by atoms with Crippen molar-refractivity contribution in [3.05, 3.63) is 47.0 Å². The first-order valence-corrected chi connectivity index (χ1v) is 10.2. The quantitative estimate of drug-likeness (QED) is 0.837. The second-order valence-electron chi connectivity index (χ2n) is 7.24. The van der Waals surface area contributed by atoms with E-state index in [0.29, 0.717) is 22.1 Å². The summed E-state index contributed by atoms with van der Waals surface area (Å²) < 4.78 is 33.6. The molecule has 1 N–H and O–H groups in total. The third kappa shape index (κ3) is 3.75. The van der Waals surface area contributed by atoms with Crippen molar-refractivity contribution in [3.8, 4) is 5.75 Å². The van der Waals surface area contributed by atoms with Crippen LogP contribution in [0.2, 0.25) is 5.02 Å². The molecule has 1 aliphatic rings. The molecule has 0 fully saturated rings. The number of carbonyl (C=O) groups excluding carboxylic acids is 1. The van der Waals surface area contributed by atoms with Crippen LogP contribution in [-0.2, 0) is 14.8 Å². The van der Waals surface area contributed by atoms with Crippen LogP contribution in [0.1, 0.15) is 19.4 Å². The van der Waals surface area contributed by atoms with Gasteiger partial charge in [0, 0.05) is 18.1 Å². The molecule has 0 unspecified atom stereocenters. The molecule has 0 bridgehead atoms. The molecule has 0 saturated carbocycles. The molecule has 0 atom stereocenters. The summed E-state index contributed by atoms with van der Waals surface area (Å²) in [5.74, 6) is 0.377. The number of rotatable bonds is 3. The van der Waals surface area contributed by atoms with Crippen molar-refractivity contribution in [2.45, 2.75) is 25.7 Å². The fraction of sp³-hybridized carbons (Fsp3) is 0.316. The van der Waals surface area contributed by atoms with Gasteiger partial charge in [0.1, 0.15) is 12.4 Å². The summed E-state index contributed by atoms with van der Waals surface area (Å²) in [7, 11) is -2.13. The summed E-state index contributed by atoms with van der Waals surface area (Å²) in [5, 5.41) is 0.380. The van der Waals surface area contributed by atoms with Crippen molar-refractivity contribution in [3.63, 3.8) is 0 Å². The highest BCUT2D eigenvalue weighted by atomic mass is 35.5. The van der Waals surface area contributed by atoms with E-state index in [9.17, 15) is 13.2 Å². The van der Waals surface area contributed by atoms with Gasteiger partial charge in [0.2, 0.25) is 5.91 Å². The number of carbonyl (C=O) groups is 1. The summed E-state index contributed by atoms with van der Waals surface area (Å²) in [4.78, 5) is 14.1. The first kappa shape index (κ1) is 19.5. The summed E-state index contributed by atoms with van der Waals surface area (Å²) in [6, 6.07) is 9.40. The number of nitrogens with zero attached hydrogens (tertiary/aromatic N) is 1. The van der Waals surface area contributed by atoms with Crippen LogP contribution in [0.25, 0.3) is 0 Å². The Morgan fingerprint density at radius 1 is 1.19 bits per heavy atom. The first-order valence-electron chi connectivity index (χ1n) is 8.35. The van der Waals surface area contributed by atoms with Gasteiger partial charge < -0.3 is 9.64 Å². The van der Waals surface area contributed by atoms with Gasteiger partial charge in [-0.2, -0.15) is 0 Å². The highest BCUT2D eigenvalue weighted by Gasteiger charge is 2.36. The molecule has 6 nitrogen and oxygen atoms in total. The lowest BCUT2D eigenvalue weighted by Crippen LogP contribution is -2.39. The third-order valence-electron chi connectivity index (χ3n) is 4.50. The molecule has 27 heavy (non-hydrogen) atoms. The minimum atomic E-state index is -3.81. The zero-order chi connectivity index (χ0) is 20.0. The fourth-order valence-electron chi connectivity index (χ4n) is 2.81. The van der Waals surface area contributed by atoms with E-state index in [1.165, 1.54) is 17.0 Å². The highest BCUT2D eigenvalue weighted by Crippen LogP contribution is 2.37. The van der Waals surface area contributed by atoms with Gasteiger partial charge in [-0.15, -0.1) is 0 Å². The normalized spacial score (nSPS) is 16.3. The Morgan fingerprint density at radius 3 is 2.56 bits per heavy atom. The Morgan fingerprint density at radius 2 is 1.89 bits per heavy atom. The lowest BCUT2D eigenvalue weighted by atomic mass is 9.93. The van der Waals surface area contributed by atoms with E-state index in [0.717, 1.165) is 5.56 Å². The topological polar surface area (TPSA) is 75.7 Å². The van der Waals surface area contributed by atoms with Crippen LogP contribution in [0.4, 0.5) is 11.4 Å². The van der Waals surface area contributed by atoms with Crippen LogP contribution in [0.5, 0.6) is 5.75 Å². The van der Waals surface area contributed by atoms with Crippen molar-refractivity contribution in [2.75, 3.05) is 23.3 Å². The average molecular weight is 409 g/mol. The van der Waals surface area contributed by atoms with Gasteiger partial charge in [0.05, 0.1) is 21.7 Å². The Balaban J connectivity index is 1.93. The molecule has 0 aliphatic carbocycles. The molecule has 0 aromatic heterocycles. The molecule has 3 rings (SSSR count). The second kappa shape index (κ2) is 6.73. The van der Waals surface area contributed by atoms with E-state index < -0.39 is 15.4 Å². The van der Waals surface area contributed by atoms with Gasteiger partial charge in [0.15, 0.2) is 0 Å². The Labute approximate surface area is 164 Å². The number of nitrogens with one attached hydrogen (secondary N) is 1. The molecule has 144 valence electrons. The molecule has 1 aliphatic heterocycles. The maximum Gasteiger partial charge on any atom is 0.261 e. The van der Waals surface area contributed by atoms with Crippen molar-refractivity contribution >= 4 is 38.9 Å². The van der Waals surface area contributed by atoms with E-state index in [-0.39, 0.29) is 17.4 Å². The van der Waals surface area contributed by atoms with Crippen LogP contribution in [0.3, 0.4) is 0 Å². The van der Waals surface area contributed by atoms with Gasteiger partial charge in [-0.05, 0) is 50.6 Å². The zero-order valence-corrected chi connectivity index (χ0v) is 17.1. The van der Waals surface area contributed by atoms with Crippen LogP contribution < -0.4 is 14.4 Å². The molecule has 0 spiro atoms. The molecule has 2 aromatic rings. The molecular formula is C19H21ClN2O4S. The van der Waals surface area contributed by atoms with E-state index in [1.807, 2.05) is 13.8 Å². The molecular weight excluding hydrogens is 388 g/mol. The molecule has 0 radical (unpaired) electrons. The van der Waals surface area contributed by atoms with Crippen molar-refractivity contribution in [1.82, 2.24) is 0 Å². The predicted molar refractivity (Wildman–Crippen MR) is 106 cm³/mol. The number of hydrogen-bond donors (Lipinski definition) is 1. The number of fused-ring (bicyclic) bond motifs is 1. The smallest absolute Gasteiger partial charge is 0.261 e. The van der Waals surface area contributed by atoms with Crippen LogP contribution in [-0.4, -0.2) is 28.0 Å². The van der Waals surface area contributed by atoms with E-state index in [2.05, 4.69) is 4.72 Å². The standard InChI is InChI=1S/C19H21ClN2O4S/c1-12-5-7-14(10-15(12)20)27(24,25)21-13-6-8-16-17(9-13)26-11-19(2,3)18(23)22(16)4/h5-10,21H,11H2,1-4H3. The number of sulfonamides is 1. The largest absolute Gasteiger partial charge is 0.490 e. The number of aryl methyl sites for hydroxylation is 1. The summed E-state index contributed by atoms with van der Waals surface area (Å²) >= 11 is 6.04. The number of ether oxygens (including phenoxy) is 1. The average Bonchev–Trinajstić information content (AvgIpc) is 2.68. The summed E-state index contributed by atoms with van der Waals surface area (Å²) in [6.45, 7) is 5.62. The Hall–Kier alpha value is -2.25. The predicted octanol–water partition coefficient (Wildman–Crippen LogP) is 3.83. The minimum Gasteiger partial charge on any atom is -0.490 e. The number of anilines is 2. The molecule has 2 aromatic carbocycles. The maximum atomic E-state index is 12.6. The Kier molecular flexibility index (Phi) is 4.86. The highest BCUT2D eigenvalue weighted by molar-refractivity contribution is 7.92. The third-order valence-corrected chi connectivity index (χ3v) is 6.29.